The van der Waals surface area contributed by atoms with Gasteiger partial charge in [-0.1, -0.05) is 30.5 Å². The Morgan fingerprint density at radius 3 is 2.62 bits per heavy atom. The van der Waals surface area contributed by atoms with Crippen molar-refractivity contribution in [1.29, 1.82) is 0 Å². The van der Waals surface area contributed by atoms with E-state index in [4.69, 9.17) is 0 Å². The van der Waals surface area contributed by atoms with Crippen LogP contribution in [-0.4, -0.2) is 54.5 Å². The highest BCUT2D eigenvalue weighted by molar-refractivity contribution is 7.09. The Bertz CT molecular complexity index is 961. The molecule has 172 valence electrons. The predicted octanol–water partition coefficient (Wildman–Crippen LogP) is 3.40. The van der Waals surface area contributed by atoms with Crippen molar-refractivity contribution < 1.29 is 14.4 Å². The molecule has 1 aliphatic rings. The van der Waals surface area contributed by atoms with Crippen molar-refractivity contribution in [2.75, 3.05) is 27.2 Å². The first-order valence-corrected chi connectivity index (χ1v) is 12.2. The van der Waals surface area contributed by atoms with Crippen molar-refractivity contribution in [2.24, 2.45) is 5.92 Å². The summed E-state index contributed by atoms with van der Waals surface area (Å²) in [6.45, 7) is 2.87. The molecule has 1 N–H and O–H groups in total. The summed E-state index contributed by atoms with van der Waals surface area (Å²) in [7, 11) is 3.71. The molecule has 1 heterocycles. The first-order chi connectivity index (χ1) is 15.3. The number of ketones is 2. The lowest BCUT2D eigenvalue weighted by Gasteiger charge is -2.13. The minimum Gasteiger partial charge on any atom is -0.355 e. The topological polar surface area (TPSA) is 79.4 Å². The second-order valence-electron chi connectivity index (χ2n) is 8.97. The molecule has 1 amide bonds. The third kappa shape index (κ3) is 7.07. The van der Waals surface area contributed by atoms with Gasteiger partial charge in [-0.3, -0.25) is 14.4 Å². The first-order valence-electron chi connectivity index (χ1n) is 11.3. The van der Waals surface area contributed by atoms with Crippen LogP contribution in [0.25, 0.3) is 0 Å². The fourth-order valence-corrected chi connectivity index (χ4v) is 5.00. The number of thiazole rings is 1. The van der Waals surface area contributed by atoms with Crippen LogP contribution in [-0.2, 0) is 28.9 Å². The van der Waals surface area contributed by atoms with Gasteiger partial charge in [0, 0.05) is 36.2 Å². The summed E-state index contributed by atoms with van der Waals surface area (Å²) >= 11 is 1.47. The van der Waals surface area contributed by atoms with Crippen LogP contribution < -0.4 is 5.32 Å². The predicted molar refractivity (Wildman–Crippen MR) is 127 cm³/mol. The standard InChI is InChI=1S/C25H33N3O3S/c1-17-8-9-19(22(12-17)25(31)18-6-4-5-7-18)13-21(29)14-24-27-20(16-32-24)10-11-26-23(30)15-28(2)3/h8-9,12,16,18H,4-7,10-11,13-15H2,1-3H3,(H,26,30). The van der Waals surface area contributed by atoms with Gasteiger partial charge in [0.2, 0.25) is 5.91 Å². The molecule has 1 aliphatic carbocycles. The number of hydrogen-bond acceptors (Lipinski definition) is 6. The Kier molecular flexibility index (Phi) is 8.70. The Hall–Kier alpha value is -2.38. The van der Waals surface area contributed by atoms with Gasteiger partial charge in [-0.2, -0.15) is 0 Å². The minimum atomic E-state index is -0.0123. The molecule has 0 unspecified atom stereocenters. The van der Waals surface area contributed by atoms with E-state index in [0.29, 0.717) is 19.5 Å². The molecule has 0 atom stereocenters. The van der Waals surface area contributed by atoms with Gasteiger partial charge in [0.05, 0.1) is 18.7 Å². The smallest absolute Gasteiger partial charge is 0.234 e. The summed E-state index contributed by atoms with van der Waals surface area (Å²) in [6, 6.07) is 5.84. The van der Waals surface area contributed by atoms with Gasteiger partial charge in [0.25, 0.3) is 0 Å². The number of Topliss-reactive ketones (excluding diaryl/α,β-unsaturated/α-hetero) is 2. The Morgan fingerprint density at radius 1 is 1.16 bits per heavy atom. The maximum atomic E-state index is 13.0. The quantitative estimate of drug-likeness (QED) is 0.526. The summed E-state index contributed by atoms with van der Waals surface area (Å²) < 4.78 is 0. The Balaban J connectivity index is 1.55. The molecule has 6 nitrogen and oxygen atoms in total. The van der Waals surface area contributed by atoms with Gasteiger partial charge in [-0.15, -0.1) is 11.3 Å². The van der Waals surface area contributed by atoms with Crippen molar-refractivity contribution in [3.63, 3.8) is 0 Å². The van der Waals surface area contributed by atoms with Crippen LogP contribution in [0, 0.1) is 12.8 Å². The molecular weight excluding hydrogens is 422 g/mol. The van der Waals surface area contributed by atoms with Crippen LogP contribution >= 0.6 is 11.3 Å². The third-order valence-electron chi connectivity index (χ3n) is 5.76. The monoisotopic (exact) mass is 455 g/mol. The van der Waals surface area contributed by atoms with E-state index in [0.717, 1.165) is 53.1 Å². The van der Waals surface area contributed by atoms with Crippen molar-refractivity contribution in [3.8, 4) is 0 Å². The molecule has 0 radical (unpaired) electrons. The third-order valence-corrected chi connectivity index (χ3v) is 6.65. The summed E-state index contributed by atoms with van der Waals surface area (Å²) in [6.07, 6.45) is 5.30. The van der Waals surface area contributed by atoms with Crippen LogP contribution in [0.3, 0.4) is 0 Å². The van der Waals surface area contributed by atoms with Crippen LogP contribution in [0.2, 0.25) is 0 Å². The minimum absolute atomic E-state index is 0.0123. The van der Waals surface area contributed by atoms with Gasteiger partial charge in [0.1, 0.15) is 10.8 Å². The van der Waals surface area contributed by atoms with Gasteiger partial charge >= 0.3 is 0 Å². The normalized spacial score (nSPS) is 14.1. The zero-order chi connectivity index (χ0) is 23.1. The van der Waals surface area contributed by atoms with E-state index in [1.165, 1.54) is 11.3 Å². The summed E-state index contributed by atoms with van der Waals surface area (Å²) in [5.41, 5.74) is 3.48. The van der Waals surface area contributed by atoms with Crippen molar-refractivity contribution in [2.45, 2.75) is 51.9 Å². The molecule has 3 rings (SSSR count). The van der Waals surface area contributed by atoms with Crippen LogP contribution in [0.5, 0.6) is 0 Å². The number of benzene rings is 1. The molecule has 2 aromatic rings. The number of aryl methyl sites for hydroxylation is 1. The lowest BCUT2D eigenvalue weighted by atomic mass is 9.90. The van der Waals surface area contributed by atoms with Gasteiger partial charge in [-0.05, 0) is 45.5 Å². The summed E-state index contributed by atoms with van der Waals surface area (Å²) in [5, 5.41) is 5.60. The number of likely N-dealkylation sites (N-methyl/N-ethyl adjacent to an activating group) is 1. The molecule has 0 aliphatic heterocycles. The van der Waals surface area contributed by atoms with E-state index in [1.54, 1.807) is 0 Å². The number of aromatic nitrogens is 1. The fraction of sp³-hybridized carbons (Fsp3) is 0.520. The maximum absolute atomic E-state index is 13.0. The lowest BCUT2D eigenvalue weighted by Crippen LogP contribution is -2.34. The second-order valence-corrected chi connectivity index (χ2v) is 9.91. The van der Waals surface area contributed by atoms with Gasteiger partial charge < -0.3 is 10.2 Å². The summed E-state index contributed by atoms with van der Waals surface area (Å²) in [5.74, 6) is 0.350. The van der Waals surface area contributed by atoms with Gasteiger partial charge in [0.15, 0.2) is 5.78 Å². The molecule has 0 saturated heterocycles. The molecule has 7 heteroatoms. The Labute approximate surface area is 194 Å². The first kappa shape index (κ1) is 24.3. The van der Waals surface area contributed by atoms with Crippen LogP contribution in [0.4, 0.5) is 0 Å². The highest BCUT2D eigenvalue weighted by atomic mass is 32.1. The SMILES string of the molecule is Cc1ccc(CC(=O)Cc2nc(CCNC(=O)CN(C)C)cs2)c(C(=O)C2CCCC2)c1. The number of amides is 1. The summed E-state index contributed by atoms with van der Waals surface area (Å²) in [4.78, 5) is 43.9. The Morgan fingerprint density at radius 2 is 1.91 bits per heavy atom. The molecule has 1 fully saturated rings. The van der Waals surface area contributed by atoms with Crippen LogP contribution in [0.15, 0.2) is 23.6 Å². The van der Waals surface area contributed by atoms with E-state index in [1.807, 2.05) is 49.5 Å². The van der Waals surface area contributed by atoms with E-state index < -0.39 is 0 Å². The van der Waals surface area contributed by atoms with Gasteiger partial charge in [-0.25, -0.2) is 4.98 Å². The fourth-order valence-electron chi connectivity index (χ4n) is 4.14. The number of rotatable bonds is 11. The maximum Gasteiger partial charge on any atom is 0.234 e. The van der Waals surface area contributed by atoms with Crippen molar-refractivity contribution in [3.05, 3.63) is 51.0 Å². The average Bonchev–Trinajstić information content (AvgIpc) is 3.40. The second kappa shape index (κ2) is 11.5. The van der Waals surface area contributed by atoms with E-state index in [9.17, 15) is 14.4 Å². The zero-order valence-corrected chi connectivity index (χ0v) is 20.1. The number of nitrogens with one attached hydrogen (secondary N) is 1. The van der Waals surface area contributed by atoms with Crippen molar-refractivity contribution >= 4 is 28.8 Å². The largest absolute Gasteiger partial charge is 0.355 e. The van der Waals surface area contributed by atoms with Crippen LogP contribution in [0.1, 0.15) is 57.9 Å². The average molecular weight is 456 g/mol. The lowest BCUT2D eigenvalue weighted by molar-refractivity contribution is -0.121. The molecule has 0 bridgehead atoms. The van der Waals surface area contributed by atoms with E-state index >= 15 is 0 Å². The van der Waals surface area contributed by atoms with Crippen molar-refractivity contribution in [1.82, 2.24) is 15.2 Å². The molecule has 0 spiro atoms. The number of carbonyl (C=O) groups is 3. The van der Waals surface area contributed by atoms with E-state index in [2.05, 4.69) is 10.3 Å². The molecule has 32 heavy (non-hydrogen) atoms. The zero-order valence-electron chi connectivity index (χ0n) is 19.3. The molecule has 1 aromatic heterocycles. The number of carbonyl (C=O) groups excluding carboxylic acids is 3. The molecular formula is C25H33N3O3S. The number of hydrogen-bond donors (Lipinski definition) is 1. The van der Waals surface area contributed by atoms with E-state index in [-0.39, 0.29) is 36.2 Å². The highest BCUT2D eigenvalue weighted by Gasteiger charge is 2.26. The molecule has 1 saturated carbocycles. The molecule has 1 aromatic carbocycles. The highest BCUT2D eigenvalue weighted by Crippen LogP contribution is 2.29. The number of nitrogens with zero attached hydrogens (tertiary/aromatic N) is 2.